The van der Waals surface area contributed by atoms with Crippen LogP contribution in [0.1, 0.15) is 16.8 Å². The van der Waals surface area contributed by atoms with E-state index in [1.54, 1.807) is 12.1 Å². The monoisotopic (exact) mass is 379 g/mol. The van der Waals surface area contributed by atoms with Crippen molar-refractivity contribution in [2.24, 2.45) is 5.14 Å². The van der Waals surface area contributed by atoms with Gasteiger partial charge in [-0.1, -0.05) is 0 Å². The molecule has 1 atom stereocenters. The maximum Gasteiger partial charge on any atom is 0.257 e. The Morgan fingerprint density at radius 2 is 2.00 bits per heavy atom. The first-order valence-corrected chi connectivity index (χ1v) is 10.3. The average molecular weight is 379 g/mol. The topological polar surface area (TPSA) is 111 Å². The Hall–Kier alpha value is -2.10. The molecule has 3 rings (SSSR count). The average Bonchev–Trinajstić information content (AvgIpc) is 3.08. The molecule has 25 heavy (non-hydrogen) atoms. The van der Waals surface area contributed by atoms with Crippen LogP contribution >= 0.6 is 11.8 Å². The summed E-state index contributed by atoms with van der Waals surface area (Å²) in [6, 6.07) is 8.92. The molecule has 132 valence electrons. The minimum atomic E-state index is -3.75. The number of sulfonamides is 1. The maximum atomic E-state index is 12.2. The minimum Gasteiger partial charge on any atom is -0.473 e. The Labute approximate surface area is 150 Å². The van der Waals surface area contributed by atoms with Gasteiger partial charge < -0.3 is 10.1 Å². The number of aromatic nitrogens is 1. The van der Waals surface area contributed by atoms with Gasteiger partial charge >= 0.3 is 0 Å². The zero-order valence-corrected chi connectivity index (χ0v) is 14.8. The van der Waals surface area contributed by atoms with E-state index in [-0.39, 0.29) is 16.9 Å². The second kappa shape index (κ2) is 7.42. The summed E-state index contributed by atoms with van der Waals surface area (Å²) in [5, 5.41) is 7.71. The van der Waals surface area contributed by atoms with Crippen molar-refractivity contribution in [3.8, 4) is 5.88 Å². The molecule has 0 aliphatic carbocycles. The van der Waals surface area contributed by atoms with Crippen LogP contribution in [0.15, 0.2) is 47.5 Å². The number of carbonyl (C=O) groups is 1. The highest BCUT2D eigenvalue weighted by Gasteiger charge is 2.17. The van der Waals surface area contributed by atoms with Gasteiger partial charge in [-0.3, -0.25) is 4.79 Å². The van der Waals surface area contributed by atoms with Crippen LogP contribution in [0.5, 0.6) is 5.88 Å². The quantitative estimate of drug-likeness (QED) is 0.820. The third-order valence-corrected chi connectivity index (χ3v) is 5.68. The molecule has 7 nitrogen and oxygen atoms in total. The summed E-state index contributed by atoms with van der Waals surface area (Å²) in [7, 11) is -3.75. The number of amides is 1. The lowest BCUT2D eigenvalue weighted by Gasteiger charge is -2.11. The number of ether oxygens (including phenoxy) is 1. The summed E-state index contributed by atoms with van der Waals surface area (Å²) in [6.07, 6.45) is 2.63. The van der Waals surface area contributed by atoms with Crippen LogP contribution in [-0.4, -0.2) is 36.9 Å². The molecule has 0 bridgehead atoms. The molecule has 1 aliphatic rings. The first-order chi connectivity index (χ1) is 11.9. The Bertz CT molecular complexity index is 846. The summed E-state index contributed by atoms with van der Waals surface area (Å²) in [4.78, 5) is 16.4. The van der Waals surface area contributed by atoms with Crippen molar-refractivity contribution >= 4 is 33.4 Å². The van der Waals surface area contributed by atoms with Gasteiger partial charge in [0.2, 0.25) is 15.9 Å². The van der Waals surface area contributed by atoms with Crippen LogP contribution in [0.3, 0.4) is 0 Å². The molecule has 1 saturated heterocycles. The number of nitrogens with one attached hydrogen (secondary N) is 1. The first kappa shape index (κ1) is 17.7. The van der Waals surface area contributed by atoms with Crippen LogP contribution < -0.4 is 15.2 Å². The fraction of sp³-hybridized carbons (Fsp3) is 0.250. The zero-order chi connectivity index (χ0) is 17.9. The highest BCUT2D eigenvalue weighted by atomic mass is 32.2. The normalized spacial score (nSPS) is 17.2. The Balaban J connectivity index is 1.62. The molecule has 1 unspecified atom stereocenters. The van der Waals surface area contributed by atoms with Crippen LogP contribution in [0.2, 0.25) is 0 Å². The maximum absolute atomic E-state index is 12.2. The molecule has 0 radical (unpaired) electrons. The molecule has 1 aromatic heterocycles. The fourth-order valence-electron chi connectivity index (χ4n) is 2.29. The SMILES string of the molecule is NS(=O)(=O)c1ccc(NC(=O)c2ccc(OC3CCSC3)nc2)cc1. The number of thioether (sulfide) groups is 1. The molecule has 9 heteroatoms. The lowest BCUT2D eigenvalue weighted by Crippen LogP contribution is -2.16. The lowest BCUT2D eigenvalue weighted by molar-refractivity contribution is 0.102. The summed E-state index contributed by atoms with van der Waals surface area (Å²) in [5.41, 5.74) is 0.837. The van der Waals surface area contributed by atoms with Gasteiger partial charge in [-0.15, -0.1) is 0 Å². The third kappa shape index (κ3) is 4.71. The lowest BCUT2D eigenvalue weighted by atomic mass is 10.2. The number of carbonyl (C=O) groups excluding carboxylic acids is 1. The molecule has 0 saturated carbocycles. The highest BCUT2D eigenvalue weighted by Crippen LogP contribution is 2.22. The van der Waals surface area contributed by atoms with Gasteiger partial charge in [0.25, 0.3) is 5.91 Å². The van der Waals surface area contributed by atoms with Gasteiger partial charge in [-0.2, -0.15) is 11.8 Å². The van der Waals surface area contributed by atoms with E-state index in [1.807, 2.05) is 11.8 Å². The second-order valence-electron chi connectivity index (χ2n) is 5.51. The van der Waals surface area contributed by atoms with Crippen molar-refractivity contribution < 1.29 is 17.9 Å². The fourth-order valence-corrected chi connectivity index (χ4v) is 3.90. The van der Waals surface area contributed by atoms with Crippen LogP contribution in [-0.2, 0) is 10.0 Å². The van der Waals surface area contributed by atoms with Crippen molar-refractivity contribution in [2.45, 2.75) is 17.4 Å². The predicted octanol–water partition coefficient (Wildman–Crippen LogP) is 1.87. The summed E-state index contributed by atoms with van der Waals surface area (Å²) in [5.74, 6) is 2.20. The van der Waals surface area contributed by atoms with Crippen molar-refractivity contribution in [1.82, 2.24) is 4.98 Å². The van der Waals surface area contributed by atoms with Crippen molar-refractivity contribution in [2.75, 3.05) is 16.8 Å². The number of hydrogen-bond acceptors (Lipinski definition) is 6. The Morgan fingerprint density at radius 1 is 1.24 bits per heavy atom. The number of primary sulfonamides is 1. The number of rotatable bonds is 5. The number of pyridine rings is 1. The first-order valence-electron chi connectivity index (χ1n) is 7.56. The molecular weight excluding hydrogens is 362 g/mol. The number of nitrogens with zero attached hydrogens (tertiary/aromatic N) is 1. The van der Waals surface area contributed by atoms with Crippen LogP contribution in [0, 0.1) is 0 Å². The standard InChI is InChI=1S/C16H17N3O4S2/c17-25(21,22)14-4-2-12(3-5-14)19-16(20)11-1-6-15(18-9-11)23-13-7-8-24-10-13/h1-6,9,13H,7-8,10H2,(H,19,20)(H2,17,21,22). The molecular formula is C16H17N3O4S2. The van der Waals surface area contributed by atoms with Crippen molar-refractivity contribution in [1.29, 1.82) is 0 Å². The smallest absolute Gasteiger partial charge is 0.257 e. The van der Waals surface area contributed by atoms with Gasteiger partial charge in [0.1, 0.15) is 6.10 Å². The molecule has 1 aliphatic heterocycles. The number of nitrogens with two attached hydrogens (primary N) is 1. The van der Waals surface area contributed by atoms with Crippen LogP contribution in [0.4, 0.5) is 5.69 Å². The zero-order valence-electron chi connectivity index (χ0n) is 13.2. The molecule has 3 N–H and O–H groups in total. The molecule has 2 heterocycles. The number of benzene rings is 1. The van der Waals surface area contributed by atoms with E-state index in [0.717, 1.165) is 17.9 Å². The van der Waals surface area contributed by atoms with Crippen LogP contribution in [0.25, 0.3) is 0 Å². The van der Waals surface area contributed by atoms with E-state index in [0.29, 0.717) is 17.1 Å². The van der Waals surface area contributed by atoms with E-state index in [1.165, 1.54) is 30.5 Å². The van der Waals surface area contributed by atoms with Crippen molar-refractivity contribution in [3.63, 3.8) is 0 Å². The molecule has 1 fully saturated rings. The molecule has 1 amide bonds. The van der Waals surface area contributed by atoms with Gasteiger partial charge in [0, 0.05) is 23.7 Å². The van der Waals surface area contributed by atoms with Gasteiger partial charge in [0.15, 0.2) is 0 Å². The van der Waals surface area contributed by atoms with E-state index in [4.69, 9.17) is 9.88 Å². The van der Waals surface area contributed by atoms with E-state index in [2.05, 4.69) is 10.3 Å². The number of hydrogen-bond donors (Lipinski definition) is 2. The second-order valence-corrected chi connectivity index (χ2v) is 8.22. The molecule has 0 spiro atoms. The van der Waals surface area contributed by atoms with E-state index in [9.17, 15) is 13.2 Å². The van der Waals surface area contributed by atoms with Gasteiger partial charge in [-0.25, -0.2) is 18.5 Å². The third-order valence-electron chi connectivity index (χ3n) is 3.61. The Kier molecular flexibility index (Phi) is 5.26. The summed E-state index contributed by atoms with van der Waals surface area (Å²) < 4.78 is 28.2. The molecule has 2 aromatic rings. The van der Waals surface area contributed by atoms with Crippen molar-refractivity contribution in [3.05, 3.63) is 48.2 Å². The van der Waals surface area contributed by atoms with Gasteiger partial charge in [-0.05, 0) is 42.5 Å². The van der Waals surface area contributed by atoms with E-state index >= 15 is 0 Å². The summed E-state index contributed by atoms with van der Waals surface area (Å²) >= 11 is 1.85. The van der Waals surface area contributed by atoms with E-state index < -0.39 is 10.0 Å². The highest BCUT2D eigenvalue weighted by molar-refractivity contribution is 7.99. The Morgan fingerprint density at radius 3 is 2.56 bits per heavy atom. The molecule has 1 aromatic carbocycles. The van der Waals surface area contributed by atoms with Gasteiger partial charge in [0.05, 0.1) is 10.5 Å². The number of anilines is 1. The largest absolute Gasteiger partial charge is 0.473 e. The minimum absolute atomic E-state index is 0.0151. The predicted molar refractivity (Wildman–Crippen MR) is 96.4 cm³/mol. The summed E-state index contributed by atoms with van der Waals surface area (Å²) in [6.45, 7) is 0.